The van der Waals surface area contributed by atoms with Crippen molar-refractivity contribution >= 4 is 23.0 Å². The van der Waals surface area contributed by atoms with Crippen LogP contribution in [-0.4, -0.2) is 15.0 Å². The first-order valence-electron chi connectivity index (χ1n) is 6.59. The Morgan fingerprint density at radius 1 is 1.20 bits per heavy atom. The highest BCUT2D eigenvalue weighted by atomic mass is 32.1. The third-order valence-corrected chi connectivity index (χ3v) is 3.49. The maximum atomic E-state index is 5.29. The van der Waals surface area contributed by atoms with Crippen molar-refractivity contribution in [3.05, 3.63) is 53.2 Å². The van der Waals surface area contributed by atoms with Gasteiger partial charge in [0, 0.05) is 29.3 Å². The molecule has 20 heavy (non-hydrogen) atoms. The number of fused-ring (bicyclic) bond motifs is 1. The van der Waals surface area contributed by atoms with Crippen LogP contribution in [0.15, 0.2) is 42.7 Å². The molecule has 4 heteroatoms. The quantitative estimate of drug-likeness (QED) is 0.704. The lowest BCUT2D eigenvalue weighted by Gasteiger charge is -2.10. The second-order valence-electron chi connectivity index (χ2n) is 5.08. The molecule has 0 fully saturated rings. The number of hydrogen-bond acceptors (Lipinski definition) is 3. The van der Waals surface area contributed by atoms with Gasteiger partial charge in [0.05, 0.1) is 5.69 Å². The molecule has 2 aromatic heterocycles. The Labute approximate surface area is 122 Å². The molecule has 0 bridgehead atoms. The van der Waals surface area contributed by atoms with E-state index in [-0.39, 0.29) is 0 Å². The van der Waals surface area contributed by atoms with Crippen molar-refractivity contribution < 1.29 is 0 Å². The summed E-state index contributed by atoms with van der Waals surface area (Å²) in [7, 11) is 0. The highest BCUT2D eigenvalue weighted by Crippen LogP contribution is 2.27. The Balaban J connectivity index is 2.28. The van der Waals surface area contributed by atoms with Crippen LogP contribution in [0.4, 0.5) is 0 Å². The van der Waals surface area contributed by atoms with Crippen molar-refractivity contribution in [1.29, 1.82) is 0 Å². The highest BCUT2D eigenvalue weighted by Gasteiger charge is 2.08. The molecule has 3 aromatic rings. The van der Waals surface area contributed by atoms with Gasteiger partial charge in [0.25, 0.3) is 0 Å². The standard InChI is InChI=1S/C16H15N3S/c1-10(2)16-18-14(8-15(20)19-16)13-5-3-4-11-9-17-7-6-12(11)13/h3-10H,1-2H3,(H,18,19,20). The van der Waals surface area contributed by atoms with Gasteiger partial charge in [0.1, 0.15) is 10.5 Å². The number of nitrogens with zero attached hydrogens (tertiary/aromatic N) is 2. The average Bonchev–Trinajstić information content (AvgIpc) is 2.46. The van der Waals surface area contributed by atoms with Gasteiger partial charge in [0.15, 0.2) is 0 Å². The average molecular weight is 281 g/mol. The molecule has 0 atom stereocenters. The van der Waals surface area contributed by atoms with Gasteiger partial charge in [-0.25, -0.2) is 4.98 Å². The second-order valence-corrected chi connectivity index (χ2v) is 5.49. The van der Waals surface area contributed by atoms with E-state index in [2.05, 4.69) is 40.9 Å². The van der Waals surface area contributed by atoms with Crippen LogP contribution in [0, 0.1) is 4.64 Å². The number of nitrogens with one attached hydrogen (secondary N) is 1. The molecular formula is C16H15N3S. The molecule has 0 radical (unpaired) electrons. The maximum absolute atomic E-state index is 5.29. The summed E-state index contributed by atoms with van der Waals surface area (Å²) in [5.41, 5.74) is 2.13. The molecule has 0 saturated carbocycles. The first-order valence-corrected chi connectivity index (χ1v) is 7.00. The smallest absolute Gasteiger partial charge is 0.130 e. The SMILES string of the molecule is CC(C)c1nc(=S)cc(-c2cccc3cnccc23)[nH]1. The lowest BCUT2D eigenvalue weighted by molar-refractivity contribution is 0.773. The van der Waals surface area contributed by atoms with Crippen molar-refractivity contribution in [3.63, 3.8) is 0 Å². The van der Waals surface area contributed by atoms with Crippen molar-refractivity contribution in [2.45, 2.75) is 19.8 Å². The molecule has 0 aliphatic rings. The van der Waals surface area contributed by atoms with Crippen molar-refractivity contribution in [2.24, 2.45) is 0 Å². The number of rotatable bonds is 2. The van der Waals surface area contributed by atoms with Crippen LogP contribution in [0.1, 0.15) is 25.6 Å². The second kappa shape index (κ2) is 5.13. The zero-order valence-corrected chi connectivity index (χ0v) is 12.2. The molecule has 0 aliphatic heterocycles. The minimum Gasteiger partial charge on any atom is -0.343 e. The third-order valence-electron chi connectivity index (χ3n) is 3.28. The summed E-state index contributed by atoms with van der Waals surface area (Å²) in [5.74, 6) is 1.23. The summed E-state index contributed by atoms with van der Waals surface area (Å²) >= 11 is 5.29. The number of pyridine rings is 1. The van der Waals surface area contributed by atoms with E-state index >= 15 is 0 Å². The van der Waals surface area contributed by atoms with Gasteiger partial charge in [0.2, 0.25) is 0 Å². The zero-order chi connectivity index (χ0) is 14.1. The Morgan fingerprint density at radius 2 is 2.05 bits per heavy atom. The van der Waals surface area contributed by atoms with Crippen LogP contribution in [0.25, 0.3) is 22.0 Å². The van der Waals surface area contributed by atoms with E-state index in [4.69, 9.17) is 12.2 Å². The summed E-state index contributed by atoms with van der Waals surface area (Å²) in [5, 5.41) is 2.28. The lowest BCUT2D eigenvalue weighted by atomic mass is 10.0. The van der Waals surface area contributed by atoms with E-state index < -0.39 is 0 Å². The van der Waals surface area contributed by atoms with Crippen LogP contribution in [0.2, 0.25) is 0 Å². The summed E-state index contributed by atoms with van der Waals surface area (Å²) in [4.78, 5) is 11.9. The largest absolute Gasteiger partial charge is 0.343 e. The van der Waals surface area contributed by atoms with E-state index in [1.807, 2.05) is 30.6 Å². The number of benzene rings is 1. The summed E-state index contributed by atoms with van der Waals surface area (Å²) in [6.45, 7) is 4.20. The lowest BCUT2D eigenvalue weighted by Crippen LogP contribution is -1.99. The molecule has 1 N–H and O–H groups in total. The number of H-pyrrole nitrogens is 1. The van der Waals surface area contributed by atoms with Gasteiger partial charge < -0.3 is 4.98 Å². The minimum absolute atomic E-state index is 0.313. The molecule has 0 amide bonds. The van der Waals surface area contributed by atoms with E-state index in [1.165, 1.54) is 0 Å². The Kier molecular flexibility index (Phi) is 3.32. The van der Waals surface area contributed by atoms with Gasteiger partial charge in [-0.1, -0.05) is 44.3 Å². The molecule has 2 heterocycles. The topological polar surface area (TPSA) is 41.6 Å². The molecule has 1 aromatic carbocycles. The molecule has 0 unspecified atom stereocenters. The van der Waals surface area contributed by atoms with Gasteiger partial charge >= 0.3 is 0 Å². The molecule has 0 saturated heterocycles. The number of aromatic amines is 1. The van der Waals surface area contributed by atoms with E-state index in [0.717, 1.165) is 27.9 Å². The Hall–Kier alpha value is -2.07. The predicted molar refractivity (Wildman–Crippen MR) is 84.2 cm³/mol. The van der Waals surface area contributed by atoms with E-state index in [0.29, 0.717) is 10.6 Å². The van der Waals surface area contributed by atoms with Gasteiger partial charge in [-0.2, -0.15) is 0 Å². The molecule has 0 aliphatic carbocycles. The molecular weight excluding hydrogens is 266 g/mol. The van der Waals surface area contributed by atoms with Crippen LogP contribution < -0.4 is 0 Å². The first kappa shape index (κ1) is 12.9. The molecule has 100 valence electrons. The van der Waals surface area contributed by atoms with Gasteiger partial charge in [-0.3, -0.25) is 4.98 Å². The Bertz CT molecular complexity index is 816. The zero-order valence-electron chi connectivity index (χ0n) is 11.4. The molecule has 0 spiro atoms. The van der Waals surface area contributed by atoms with Gasteiger partial charge in [-0.05, 0) is 17.5 Å². The van der Waals surface area contributed by atoms with Crippen LogP contribution >= 0.6 is 12.2 Å². The normalized spacial score (nSPS) is 11.2. The summed E-state index contributed by atoms with van der Waals surface area (Å²) < 4.78 is 0.619. The monoisotopic (exact) mass is 281 g/mol. The number of aromatic nitrogens is 3. The van der Waals surface area contributed by atoms with Crippen molar-refractivity contribution in [1.82, 2.24) is 15.0 Å². The maximum Gasteiger partial charge on any atom is 0.130 e. The minimum atomic E-state index is 0.313. The predicted octanol–water partition coefficient (Wildman–Crippen LogP) is 4.48. The van der Waals surface area contributed by atoms with Crippen LogP contribution in [0.3, 0.4) is 0 Å². The van der Waals surface area contributed by atoms with Crippen molar-refractivity contribution in [2.75, 3.05) is 0 Å². The Morgan fingerprint density at radius 3 is 2.85 bits per heavy atom. The summed E-state index contributed by atoms with van der Waals surface area (Å²) in [6, 6.07) is 10.1. The number of hydrogen-bond donors (Lipinski definition) is 1. The van der Waals surface area contributed by atoms with E-state index in [1.54, 1.807) is 0 Å². The van der Waals surface area contributed by atoms with Crippen molar-refractivity contribution in [3.8, 4) is 11.3 Å². The highest BCUT2D eigenvalue weighted by molar-refractivity contribution is 7.71. The summed E-state index contributed by atoms with van der Waals surface area (Å²) in [6.07, 6.45) is 3.68. The third kappa shape index (κ3) is 2.34. The fourth-order valence-electron chi connectivity index (χ4n) is 2.25. The fourth-order valence-corrected chi connectivity index (χ4v) is 2.47. The fraction of sp³-hybridized carbons (Fsp3) is 0.188. The molecule has 3 nitrogen and oxygen atoms in total. The van der Waals surface area contributed by atoms with Gasteiger partial charge in [-0.15, -0.1) is 0 Å². The van der Waals surface area contributed by atoms with E-state index in [9.17, 15) is 0 Å². The first-order chi connectivity index (χ1) is 9.65. The molecule has 3 rings (SSSR count). The van der Waals surface area contributed by atoms with Crippen LogP contribution in [-0.2, 0) is 0 Å². The van der Waals surface area contributed by atoms with Crippen LogP contribution in [0.5, 0.6) is 0 Å².